The van der Waals surface area contributed by atoms with Crippen LogP contribution in [0.3, 0.4) is 0 Å². The van der Waals surface area contributed by atoms with E-state index in [0.717, 1.165) is 11.3 Å². The third-order valence-corrected chi connectivity index (χ3v) is 4.28. The van der Waals surface area contributed by atoms with Crippen LogP contribution >= 0.6 is 11.6 Å². The van der Waals surface area contributed by atoms with Crippen molar-refractivity contribution >= 4 is 23.5 Å². The maximum atomic E-state index is 13.4. The molecule has 0 aliphatic carbocycles. The first-order valence-electron chi connectivity index (χ1n) is 8.99. The topological polar surface area (TPSA) is 30.8 Å². The lowest BCUT2D eigenvalue weighted by atomic mass is 10.2. The van der Waals surface area contributed by atoms with Gasteiger partial charge in [-0.25, -0.2) is 4.39 Å². The number of nitrogens with zero attached hydrogens (tertiary/aromatic N) is 1. The first-order valence-corrected chi connectivity index (χ1v) is 9.37. The minimum atomic E-state index is -0.306. The second-order valence-corrected chi connectivity index (χ2v) is 6.68. The van der Waals surface area contributed by atoms with Crippen LogP contribution in [0.4, 0.5) is 10.1 Å². The molecule has 0 unspecified atom stereocenters. The maximum absolute atomic E-state index is 13.4. The summed E-state index contributed by atoms with van der Waals surface area (Å²) in [5.41, 5.74) is 3.54. The summed E-state index contributed by atoms with van der Waals surface area (Å²) in [6.45, 7) is 4.57. The van der Waals surface area contributed by atoms with Crippen molar-refractivity contribution in [3.63, 3.8) is 0 Å². The van der Waals surface area contributed by atoms with E-state index in [4.69, 9.17) is 21.1 Å². The van der Waals surface area contributed by atoms with E-state index in [9.17, 15) is 4.39 Å². The van der Waals surface area contributed by atoms with Gasteiger partial charge in [0.1, 0.15) is 12.4 Å². The molecule has 0 aliphatic heterocycles. The third kappa shape index (κ3) is 5.33. The van der Waals surface area contributed by atoms with Crippen LogP contribution in [-0.2, 0) is 6.61 Å². The number of rotatable bonds is 7. The van der Waals surface area contributed by atoms with Crippen molar-refractivity contribution in [2.75, 3.05) is 6.61 Å². The summed E-state index contributed by atoms with van der Waals surface area (Å²) in [5, 5.41) is 0.410. The SMILES string of the molecule is CCOc1cc(C=Nc2ccc(C)cc2)cc(Cl)c1OCc1cccc(F)c1. The number of hydrogen-bond acceptors (Lipinski definition) is 3. The van der Waals surface area contributed by atoms with E-state index in [1.807, 2.05) is 44.2 Å². The molecule has 5 heteroatoms. The molecule has 0 atom stereocenters. The van der Waals surface area contributed by atoms with Crippen LogP contribution in [-0.4, -0.2) is 12.8 Å². The van der Waals surface area contributed by atoms with Crippen LogP contribution in [0.5, 0.6) is 11.5 Å². The molecule has 0 bridgehead atoms. The maximum Gasteiger partial charge on any atom is 0.180 e. The normalized spacial score (nSPS) is 11.0. The molecule has 0 saturated heterocycles. The molecule has 0 radical (unpaired) electrons. The van der Waals surface area contributed by atoms with Gasteiger partial charge in [-0.3, -0.25) is 4.99 Å². The number of aliphatic imine (C=N–C) groups is 1. The van der Waals surface area contributed by atoms with Gasteiger partial charge in [-0.15, -0.1) is 0 Å². The molecule has 3 aromatic rings. The monoisotopic (exact) mass is 397 g/mol. The predicted octanol–water partition coefficient (Wildman–Crippen LogP) is 6.52. The predicted molar refractivity (Wildman–Crippen MR) is 112 cm³/mol. The first kappa shape index (κ1) is 19.9. The van der Waals surface area contributed by atoms with E-state index in [0.29, 0.717) is 28.7 Å². The van der Waals surface area contributed by atoms with Crippen molar-refractivity contribution in [2.45, 2.75) is 20.5 Å². The second kappa shape index (κ2) is 9.38. The standard InChI is InChI=1S/C23H21ClFNO2/c1-3-27-22-13-18(14-26-20-9-7-16(2)8-10-20)12-21(24)23(22)28-15-17-5-4-6-19(25)11-17/h4-14H,3,15H2,1-2H3. The van der Waals surface area contributed by atoms with Gasteiger partial charge in [0, 0.05) is 6.21 Å². The molecular formula is C23H21ClFNO2. The number of halogens is 2. The fourth-order valence-electron chi connectivity index (χ4n) is 2.63. The van der Waals surface area contributed by atoms with Crippen LogP contribution in [0.2, 0.25) is 5.02 Å². The highest BCUT2D eigenvalue weighted by Crippen LogP contribution is 2.37. The molecule has 0 saturated carbocycles. The van der Waals surface area contributed by atoms with E-state index in [1.54, 1.807) is 24.4 Å². The van der Waals surface area contributed by atoms with E-state index in [-0.39, 0.29) is 12.4 Å². The molecule has 0 spiro atoms. The van der Waals surface area contributed by atoms with E-state index < -0.39 is 0 Å². The number of ether oxygens (including phenoxy) is 2. The Balaban J connectivity index is 1.81. The smallest absolute Gasteiger partial charge is 0.180 e. The van der Waals surface area contributed by atoms with Gasteiger partial charge in [-0.1, -0.05) is 41.4 Å². The third-order valence-electron chi connectivity index (χ3n) is 4.00. The Bertz CT molecular complexity index is 971. The quantitative estimate of drug-likeness (QED) is 0.425. The Morgan fingerprint density at radius 3 is 2.54 bits per heavy atom. The summed E-state index contributed by atoms with van der Waals surface area (Å²) >= 11 is 6.43. The van der Waals surface area contributed by atoms with Crippen molar-refractivity contribution in [3.05, 3.63) is 88.2 Å². The zero-order chi connectivity index (χ0) is 19.9. The van der Waals surface area contributed by atoms with Crippen LogP contribution in [0, 0.1) is 12.7 Å². The highest BCUT2D eigenvalue weighted by atomic mass is 35.5. The molecule has 0 fully saturated rings. The van der Waals surface area contributed by atoms with Gasteiger partial charge in [0.05, 0.1) is 17.3 Å². The molecule has 28 heavy (non-hydrogen) atoms. The Hall–Kier alpha value is -2.85. The van der Waals surface area contributed by atoms with Crippen LogP contribution in [0.15, 0.2) is 65.7 Å². The van der Waals surface area contributed by atoms with E-state index in [1.165, 1.54) is 17.7 Å². The van der Waals surface area contributed by atoms with E-state index >= 15 is 0 Å². The lowest BCUT2D eigenvalue weighted by molar-refractivity contribution is 0.269. The number of aryl methyl sites for hydroxylation is 1. The zero-order valence-electron chi connectivity index (χ0n) is 15.8. The molecule has 144 valence electrons. The lowest BCUT2D eigenvalue weighted by Crippen LogP contribution is -2.01. The largest absolute Gasteiger partial charge is 0.490 e. The molecule has 0 amide bonds. The van der Waals surface area contributed by atoms with Crippen molar-refractivity contribution in [1.29, 1.82) is 0 Å². The van der Waals surface area contributed by atoms with Crippen LogP contribution in [0.25, 0.3) is 0 Å². The first-order chi connectivity index (χ1) is 13.5. The van der Waals surface area contributed by atoms with Gasteiger partial charge in [0.15, 0.2) is 11.5 Å². The van der Waals surface area contributed by atoms with Gasteiger partial charge in [0.25, 0.3) is 0 Å². The average molecular weight is 398 g/mol. The number of benzene rings is 3. The highest BCUT2D eigenvalue weighted by Gasteiger charge is 2.12. The molecule has 3 rings (SSSR count). The van der Waals surface area contributed by atoms with Crippen molar-refractivity contribution in [3.8, 4) is 11.5 Å². The molecule has 0 N–H and O–H groups in total. The number of hydrogen-bond donors (Lipinski definition) is 0. The van der Waals surface area contributed by atoms with Gasteiger partial charge in [-0.05, 0) is 61.4 Å². The van der Waals surface area contributed by atoms with Gasteiger partial charge < -0.3 is 9.47 Å². The van der Waals surface area contributed by atoms with Crippen LogP contribution in [0.1, 0.15) is 23.6 Å². The molecule has 0 aromatic heterocycles. The summed E-state index contributed by atoms with van der Waals surface area (Å²) in [4.78, 5) is 4.47. The molecule has 3 aromatic carbocycles. The van der Waals surface area contributed by atoms with Crippen molar-refractivity contribution in [1.82, 2.24) is 0 Å². The molecular weight excluding hydrogens is 377 g/mol. The minimum Gasteiger partial charge on any atom is -0.490 e. The summed E-state index contributed by atoms with van der Waals surface area (Å²) in [6, 6.07) is 17.8. The van der Waals surface area contributed by atoms with Crippen LogP contribution < -0.4 is 9.47 Å². The summed E-state index contributed by atoms with van der Waals surface area (Å²) < 4.78 is 24.9. The minimum absolute atomic E-state index is 0.189. The Morgan fingerprint density at radius 1 is 1.04 bits per heavy atom. The lowest BCUT2D eigenvalue weighted by Gasteiger charge is -2.14. The van der Waals surface area contributed by atoms with Crippen molar-refractivity contribution in [2.24, 2.45) is 4.99 Å². The highest BCUT2D eigenvalue weighted by molar-refractivity contribution is 6.32. The van der Waals surface area contributed by atoms with Gasteiger partial charge in [-0.2, -0.15) is 0 Å². The van der Waals surface area contributed by atoms with E-state index in [2.05, 4.69) is 4.99 Å². The molecule has 0 aliphatic rings. The fraction of sp³-hybridized carbons (Fsp3) is 0.174. The Morgan fingerprint density at radius 2 is 1.82 bits per heavy atom. The van der Waals surface area contributed by atoms with Gasteiger partial charge in [0.2, 0.25) is 0 Å². The molecule has 3 nitrogen and oxygen atoms in total. The zero-order valence-corrected chi connectivity index (χ0v) is 16.5. The second-order valence-electron chi connectivity index (χ2n) is 6.28. The summed E-state index contributed by atoms with van der Waals surface area (Å²) in [6.07, 6.45) is 1.73. The summed E-state index contributed by atoms with van der Waals surface area (Å²) in [5.74, 6) is 0.650. The molecule has 0 heterocycles. The Kier molecular flexibility index (Phi) is 6.66. The Labute approximate surface area is 169 Å². The fourth-order valence-corrected chi connectivity index (χ4v) is 2.90. The summed E-state index contributed by atoms with van der Waals surface area (Å²) in [7, 11) is 0. The van der Waals surface area contributed by atoms with Crippen molar-refractivity contribution < 1.29 is 13.9 Å². The van der Waals surface area contributed by atoms with Gasteiger partial charge >= 0.3 is 0 Å². The average Bonchev–Trinajstić information content (AvgIpc) is 2.67.